The van der Waals surface area contributed by atoms with Crippen molar-refractivity contribution >= 4 is 17.7 Å². The summed E-state index contributed by atoms with van der Waals surface area (Å²) in [4.78, 5) is 12.3. The fourth-order valence-electron chi connectivity index (χ4n) is 2.65. The highest BCUT2D eigenvalue weighted by Gasteiger charge is 2.18. The molecule has 0 fully saturated rings. The number of hydrogen-bond donors (Lipinski definition) is 1. The lowest BCUT2D eigenvalue weighted by Crippen LogP contribution is -2.32. The summed E-state index contributed by atoms with van der Waals surface area (Å²) in [6.07, 6.45) is 0.755. The van der Waals surface area contributed by atoms with Crippen LogP contribution in [0.1, 0.15) is 18.1 Å². The van der Waals surface area contributed by atoms with E-state index < -0.39 is 0 Å². The Bertz CT molecular complexity index is 925. The van der Waals surface area contributed by atoms with Gasteiger partial charge in [0.1, 0.15) is 5.75 Å². The Hall–Kier alpha value is -2.80. The number of aryl methyl sites for hydroxylation is 1. The highest BCUT2D eigenvalue weighted by molar-refractivity contribution is 8.00. The second kappa shape index (κ2) is 9.41. The molecule has 1 amide bonds. The van der Waals surface area contributed by atoms with Gasteiger partial charge in [-0.1, -0.05) is 42.1 Å². The molecule has 2 aromatic carbocycles. The van der Waals surface area contributed by atoms with Gasteiger partial charge in [0.2, 0.25) is 11.8 Å². The van der Waals surface area contributed by atoms with Crippen molar-refractivity contribution in [1.29, 1.82) is 0 Å². The predicted molar refractivity (Wildman–Crippen MR) is 109 cm³/mol. The summed E-state index contributed by atoms with van der Waals surface area (Å²) in [6.45, 7) is 4.38. The van der Waals surface area contributed by atoms with Crippen molar-refractivity contribution in [3.63, 3.8) is 0 Å². The third-order valence-electron chi connectivity index (χ3n) is 4.30. The SMILES string of the molecule is COc1ccc(CCNC(=O)[C@@H](C)Sc2nnc(-c3ccccc3C)o2)cc1. The molecule has 3 aromatic rings. The number of nitrogens with zero attached hydrogens (tertiary/aromatic N) is 2. The molecular formula is C21H23N3O3S. The Balaban J connectivity index is 1.49. The van der Waals surface area contributed by atoms with Gasteiger partial charge in [-0.25, -0.2) is 0 Å². The summed E-state index contributed by atoms with van der Waals surface area (Å²) in [6, 6.07) is 15.6. The maximum Gasteiger partial charge on any atom is 0.277 e. The van der Waals surface area contributed by atoms with E-state index >= 15 is 0 Å². The summed E-state index contributed by atoms with van der Waals surface area (Å²) in [7, 11) is 1.64. The van der Waals surface area contributed by atoms with Crippen molar-refractivity contribution < 1.29 is 13.9 Å². The zero-order valence-electron chi connectivity index (χ0n) is 16.1. The first-order chi connectivity index (χ1) is 13.6. The highest BCUT2D eigenvalue weighted by atomic mass is 32.2. The van der Waals surface area contributed by atoms with Gasteiger partial charge in [-0.3, -0.25) is 4.79 Å². The summed E-state index contributed by atoms with van der Waals surface area (Å²) >= 11 is 1.26. The third kappa shape index (κ3) is 5.13. The van der Waals surface area contributed by atoms with Crippen LogP contribution in [-0.2, 0) is 11.2 Å². The minimum absolute atomic E-state index is 0.0610. The highest BCUT2D eigenvalue weighted by Crippen LogP contribution is 2.27. The van der Waals surface area contributed by atoms with Crippen molar-refractivity contribution in [3.05, 3.63) is 59.7 Å². The number of carbonyl (C=O) groups is 1. The molecule has 6 nitrogen and oxygen atoms in total. The van der Waals surface area contributed by atoms with E-state index in [1.165, 1.54) is 11.8 Å². The lowest BCUT2D eigenvalue weighted by molar-refractivity contribution is -0.120. The number of hydrogen-bond acceptors (Lipinski definition) is 6. The fraction of sp³-hybridized carbons (Fsp3) is 0.286. The normalized spacial score (nSPS) is 11.8. The lowest BCUT2D eigenvalue weighted by Gasteiger charge is -2.10. The van der Waals surface area contributed by atoms with Gasteiger partial charge in [0, 0.05) is 12.1 Å². The van der Waals surface area contributed by atoms with Gasteiger partial charge in [-0.2, -0.15) is 0 Å². The van der Waals surface area contributed by atoms with Crippen LogP contribution in [-0.4, -0.2) is 35.0 Å². The van der Waals surface area contributed by atoms with Crippen LogP contribution in [0, 0.1) is 6.92 Å². The zero-order valence-corrected chi connectivity index (χ0v) is 17.0. The third-order valence-corrected chi connectivity index (χ3v) is 5.23. The van der Waals surface area contributed by atoms with Gasteiger partial charge >= 0.3 is 0 Å². The van der Waals surface area contributed by atoms with Crippen molar-refractivity contribution in [2.24, 2.45) is 0 Å². The number of nitrogens with one attached hydrogen (secondary N) is 1. The molecule has 1 N–H and O–H groups in total. The van der Waals surface area contributed by atoms with E-state index in [0.717, 1.165) is 28.9 Å². The number of rotatable bonds is 8. The van der Waals surface area contributed by atoms with Gasteiger partial charge in [-0.15, -0.1) is 10.2 Å². The van der Waals surface area contributed by atoms with Crippen LogP contribution in [0.15, 0.2) is 58.2 Å². The number of thioether (sulfide) groups is 1. The molecule has 28 heavy (non-hydrogen) atoms. The molecule has 0 saturated carbocycles. The molecule has 7 heteroatoms. The summed E-state index contributed by atoms with van der Waals surface area (Å²) in [5, 5.41) is 11.2. The molecule has 0 radical (unpaired) electrons. The second-order valence-corrected chi connectivity index (χ2v) is 7.63. The van der Waals surface area contributed by atoms with Crippen LogP contribution in [0.25, 0.3) is 11.5 Å². The molecular weight excluding hydrogens is 374 g/mol. The van der Waals surface area contributed by atoms with Crippen LogP contribution in [0.4, 0.5) is 0 Å². The van der Waals surface area contributed by atoms with Gasteiger partial charge in [0.15, 0.2) is 0 Å². The van der Waals surface area contributed by atoms with E-state index in [1.807, 2.05) is 62.4 Å². The standard InChI is InChI=1S/C21H23N3O3S/c1-14-6-4-5-7-18(14)20-23-24-21(27-20)28-15(2)19(25)22-13-12-16-8-10-17(26-3)11-9-16/h4-11,15H,12-13H2,1-3H3,(H,22,25)/t15-/m1/s1. The molecule has 0 saturated heterocycles. The Morgan fingerprint density at radius 3 is 2.64 bits per heavy atom. The monoisotopic (exact) mass is 397 g/mol. The van der Waals surface area contributed by atoms with E-state index in [4.69, 9.17) is 9.15 Å². The first-order valence-electron chi connectivity index (χ1n) is 9.03. The molecule has 1 heterocycles. The maximum atomic E-state index is 12.3. The average Bonchev–Trinajstić information content (AvgIpc) is 3.17. The molecule has 3 rings (SSSR count). The second-order valence-electron chi connectivity index (χ2n) is 6.34. The first kappa shape index (κ1) is 19.9. The lowest BCUT2D eigenvalue weighted by atomic mass is 10.1. The Morgan fingerprint density at radius 2 is 1.93 bits per heavy atom. The van der Waals surface area contributed by atoms with Gasteiger partial charge < -0.3 is 14.5 Å². The van der Waals surface area contributed by atoms with Crippen LogP contribution in [0.3, 0.4) is 0 Å². The summed E-state index contributed by atoms with van der Waals surface area (Å²) < 4.78 is 10.9. The number of ether oxygens (including phenoxy) is 1. The van der Waals surface area contributed by atoms with Gasteiger partial charge in [-0.05, 0) is 49.6 Å². The molecule has 146 valence electrons. The van der Waals surface area contributed by atoms with Crippen LogP contribution in [0.2, 0.25) is 0 Å². The minimum Gasteiger partial charge on any atom is -0.497 e. The van der Waals surface area contributed by atoms with E-state index in [-0.39, 0.29) is 11.2 Å². The van der Waals surface area contributed by atoms with Crippen molar-refractivity contribution in [1.82, 2.24) is 15.5 Å². The molecule has 0 aliphatic rings. The summed E-state index contributed by atoms with van der Waals surface area (Å²) in [5.74, 6) is 1.23. The smallest absolute Gasteiger partial charge is 0.277 e. The van der Waals surface area contributed by atoms with E-state index in [2.05, 4.69) is 15.5 Å². The van der Waals surface area contributed by atoms with Crippen molar-refractivity contribution in [2.45, 2.75) is 30.7 Å². The average molecular weight is 398 g/mol. The number of benzene rings is 2. The molecule has 0 bridgehead atoms. The molecule has 1 aromatic heterocycles. The summed E-state index contributed by atoms with van der Waals surface area (Å²) in [5.41, 5.74) is 3.10. The molecule has 0 aliphatic carbocycles. The fourth-order valence-corrected chi connectivity index (χ4v) is 3.36. The van der Waals surface area contributed by atoms with Gasteiger partial charge in [0.25, 0.3) is 5.22 Å². The molecule has 1 atom stereocenters. The molecule has 0 spiro atoms. The molecule has 0 unspecified atom stereocenters. The Labute approximate surface area is 168 Å². The Morgan fingerprint density at radius 1 is 1.18 bits per heavy atom. The number of aromatic nitrogens is 2. The van der Waals surface area contributed by atoms with E-state index in [9.17, 15) is 4.79 Å². The topological polar surface area (TPSA) is 77.2 Å². The number of carbonyl (C=O) groups excluding carboxylic acids is 1. The predicted octanol–water partition coefficient (Wildman–Crippen LogP) is 3.89. The van der Waals surface area contributed by atoms with Crippen LogP contribution < -0.4 is 10.1 Å². The van der Waals surface area contributed by atoms with E-state index in [1.54, 1.807) is 7.11 Å². The maximum absolute atomic E-state index is 12.3. The molecule has 0 aliphatic heterocycles. The van der Waals surface area contributed by atoms with E-state index in [0.29, 0.717) is 17.7 Å². The Kier molecular flexibility index (Phi) is 6.71. The largest absolute Gasteiger partial charge is 0.497 e. The van der Waals surface area contributed by atoms with Crippen LogP contribution >= 0.6 is 11.8 Å². The van der Waals surface area contributed by atoms with Crippen LogP contribution in [0.5, 0.6) is 5.75 Å². The van der Waals surface area contributed by atoms with Crippen molar-refractivity contribution in [2.75, 3.05) is 13.7 Å². The van der Waals surface area contributed by atoms with Gasteiger partial charge in [0.05, 0.1) is 12.4 Å². The zero-order chi connectivity index (χ0) is 19.9. The van der Waals surface area contributed by atoms with Crippen molar-refractivity contribution in [3.8, 4) is 17.2 Å². The first-order valence-corrected chi connectivity index (χ1v) is 9.91. The minimum atomic E-state index is -0.332. The number of amides is 1. The number of methoxy groups -OCH3 is 1. The quantitative estimate of drug-likeness (QED) is 0.581.